The smallest absolute Gasteiger partial charge is 0.144 e. The molecule has 1 aliphatic carbocycles. The molecule has 1 aliphatic rings. The number of halogens is 3. The van der Waals surface area contributed by atoms with Crippen molar-refractivity contribution in [2.45, 2.75) is 39.6 Å². The van der Waals surface area contributed by atoms with Gasteiger partial charge in [-0.05, 0) is 16.9 Å². The van der Waals surface area contributed by atoms with Crippen molar-refractivity contribution < 1.29 is 4.39 Å². The van der Waals surface area contributed by atoms with E-state index in [2.05, 4.69) is 37.2 Å². The van der Waals surface area contributed by atoms with Crippen LogP contribution in [0, 0.1) is 16.6 Å². The van der Waals surface area contributed by atoms with Crippen LogP contribution in [-0.4, -0.2) is 9.55 Å². The van der Waals surface area contributed by atoms with Crippen molar-refractivity contribution in [3.05, 3.63) is 28.8 Å². The van der Waals surface area contributed by atoms with E-state index in [0.717, 1.165) is 11.3 Å². The fourth-order valence-corrected chi connectivity index (χ4v) is 3.68. The maximum atomic E-state index is 13.8. The van der Waals surface area contributed by atoms with Crippen LogP contribution in [0.1, 0.15) is 39.6 Å². The second-order valence-corrected chi connectivity index (χ2v) is 7.31. The fraction of sp³-hybridized carbons (Fsp3) is 0.533. The third-order valence-corrected chi connectivity index (χ3v) is 5.66. The molecule has 0 unspecified atom stereocenters. The van der Waals surface area contributed by atoms with Gasteiger partial charge in [0, 0.05) is 12.1 Å². The Morgan fingerprint density at radius 2 is 1.85 bits per heavy atom. The van der Waals surface area contributed by atoms with Gasteiger partial charge in [0.1, 0.15) is 11.6 Å². The first kappa shape index (κ1) is 14.2. The maximum absolute atomic E-state index is 13.8. The average molecular weight is 315 g/mol. The van der Waals surface area contributed by atoms with Crippen LogP contribution in [0.4, 0.5) is 4.39 Å². The highest BCUT2D eigenvalue weighted by atomic mass is 35.5. The summed E-state index contributed by atoms with van der Waals surface area (Å²) < 4.78 is 15.9. The van der Waals surface area contributed by atoms with Crippen LogP contribution in [0.5, 0.6) is 0 Å². The second kappa shape index (κ2) is 4.11. The van der Waals surface area contributed by atoms with Gasteiger partial charge in [-0.1, -0.05) is 39.3 Å². The second-order valence-electron chi connectivity index (χ2n) is 6.63. The van der Waals surface area contributed by atoms with Crippen LogP contribution in [0.25, 0.3) is 11.0 Å². The molecular formula is C15H17Cl2FN2. The molecule has 108 valence electrons. The van der Waals surface area contributed by atoms with Gasteiger partial charge in [-0.15, -0.1) is 11.6 Å². The van der Waals surface area contributed by atoms with Gasteiger partial charge in [-0.25, -0.2) is 9.37 Å². The monoisotopic (exact) mass is 314 g/mol. The third kappa shape index (κ3) is 1.66. The molecule has 0 amide bonds. The highest BCUT2D eigenvalue weighted by Crippen LogP contribution is 2.72. The first-order chi connectivity index (χ1) is 9.21. The molecule has 2 aromatic rings. The van der Waals surface area contributed by atoms with Gasteiger partial charge in [0.15, 0.2) is 0 Å². The number of benzene rings is 1. The van der Waals surface area contributed by atoms with Gasteiger partial charge in [0.05, 0.1) is 21.9 Å². The Balaban J connectivity index is 2.27. The lowest BCUT2D eigenvalue weighted by Gasteiger charge is -2.10. The summed E-state index contributed by atoms with van der Waals surface area (Å²) in [5.74, 6) is 0.654. The van der Waals surface area contributed by atoms with E-state index in [1.165, 1.54) is 6.07 Å². The predicted octanol–water partition coefficient (Wildman–Crippen LogP) is 5.17. The molecule has 2 nitrogen and oxygen atoms in total. The van der Waals surface area contributed by atoms with E-state index in [1.54, 1.807) is 6.07 Å². The minimum Gasteiger partial charge on any atom is -0.323 e. The molecule has 3 rings (SSSR count). The summed E-state index contributed by atoms with van der Waals surface area (Å²) in [6, 6.07) is 3.29. The van der Waals surface area contributed by atoms with Crippen LogP contribution in [0.2, 0.25) is 5.02 Å². The molecule has 0 aliphatic heterocycles. The van der Waals surface area contributed by atoms with Crippen molar-refractivity contribution in [2.75, 3.05) is 0 Å². The van der Waals surface area contributed by atoms with Crippen LogP contribution in [0.3, 0.4) is 0 Å². The van der Waals surface area contributed by atoms with Crippen molar-refractivity contribution >= 4 is 34.2 Å². The SMILES string of the molecule is CC1(C)C(n2c(CCl)nc3cc(Cl)c(F)cc32)C1(C)C. The molecule has 0 saturated heterocycles. The van der Waals surface area contributed by atoms with Crippen molar-refractivity contribution in [2.24, 2.45) is 10.8 Å². The van der Waals surface area contributed by atoms with E-state index in [4.69, 9.17) is 23.2 Å². The quantitative estimate of drug-likeness (QED) is 0.699. The largest absolute Gasteiger partial charge is 0.323 e. The number of alkyl halides is 1. The zero-order valence-electron chi connectivity index (χ0n) is 12.0. The first-order valence-corrected chi connectivity index (χ1v) is 7.55. The molecule has 0 spiro atoms. The van der Waals surface area contributed by atoms with Crippen molar-refractivity contribution in [1.29, 1.82) is 0 Å². The number of imidazole rings is 1. The molecule has 1 heterocycles. The van der Waals surface area contributed by atoms with Crippen LogP contribution in [-0.2, 0) is 5.88 Å². The average Bonchev–Trinajstić information content (AvgIpc) is 2.65. The Hall–Kier alpha value is -0.800. The number of fused-ring (bicyclic) bond motifs is 1. The van der Waals surface area contributed by atoms with Crippen molar-refractivity contribution in [1.82, 2.24) is 9.55 Å². The predicted molar refractivity (Wildman–Crippen MR) is 80.9 cm³/mol. The molecule has 1 aromatic heterocycles. The minimum absolute atomic E-state index is 0.0950. The minimum atomic E-state index is -0.419. The highest BCUT2D eigenvalue weighted by Gasteiger charge is 2.66. The van der Waals surface area contributed by atoms with Crippen molar-refractivity contribution in [3.63, 3.8) is 0 Å². The van der Waals surface area contributed by atoms with E-state index in [1.807, 2.05) is 0 Å². The van der Waals surface area contributed by atoms with Gasteiger partial charge in [0.25, 0.3) is 0 Å². The Bertz CT molecular complexity index is 689. The molecule has 0 atom stereocenters. The number of nitrogens with zero attached hydrogens (tertiary/aromatic N) is 2. The summed E-state index contributed by atoms with van der Waals surface area (Å²) in [6.07, 6.45) is 0. The standard InChI is InChI=1S/C15H17Cl2FN2/c1-14(2)13(15(14,3)4)20-11-6-9(18)8(17)5-10(11)19-12(20)7-16/h5-6,13H,7H2,1-4H3. The molecule has 1 aromatic carbocycles. The van der Waals surface area contributed by atoms with Crippen LogP contribution < -0.4 is 0 Å². The molecule has 20 heavy (non-hydrogen) atoms. The number of aromatic nitrogens is 2. The summed E-state index contributed by atoms with van der Waals surface area (Å²) >= 11 is 11.9. The Kier molecular flexibility index (Phi) is 2.91. The zero-order valence-corrected chi connectivity index (χ0v) is 13.5. The Morgan fingerprint density at radius 3 is 2.35 bits per heavy atom. The number of hydrogen-bond acceptors (Lipinski definition) is 1. The fourth-order valence-electron chi connectivity index (χ4n) is 3.33. The highest BCUT2D eigenvalue weighted by molar-refractivity contribution is 6.31. The molecule has 1 saturated carbocycles. The molecule has 1 fully saturated rings. The maximum Gasteiger partial charge on any atom is 0.144 e. The number of hydrogen-bond donors (Lipinski definition) is 0. The summed E-state index contributed by atoms with van der Waals surface area (Å²) in [5, 5.41) is 0.0950. The first-order valence-electron chi connectivity index (χ1n) is 6.63. The summed E-state index contributed by atoms with van der Waals surface area (Å²) in [4.78, 5) is 4.51. The van der Waals surface area contributed by atoms with E-state index >= 15 is 0 Å². The van der Waals surface area contributed by atoms with Crippen LogP contribution in [0.15, 0.2) is 12.1 Å². The lowest BCUT2D eigenvalue weighted by Crippen LogP contribution is -2.05. The van der Waals surface area contributed by atoms with E-state index < -0.39 is 5.82 Å². The summed E-state index contributed by atoms with van der Waals surface area (Å²) in [7, 11) is 0. The zero-order chi connectivity index (χ0) is 14.9. The van der Waals surface area contributed by atoms with Gasteiger partial charge < -0.3 is 4.57 Å². The Morgan fingerprint density at radius 1 is 1.25 bits per heavy atom. The van der Waals surface area contributed by atoms with Gasteiger partial charge >= 0.3 is 0 Å². The molecular weight excluding hydrogens is 298 g/mol. The van der Waals surface area contributed by atoms with Gasteiger partial charge in [0.2, 0.25) is 0 Å². The van der Waals surface area contributed by atoms with Crippen molar-refractivity contribution in [3.8, 4) is 0 Å². The molecule has 0 N–H and O–H groups in total. The Labute approximate surface area is 127 Å². The lowest BCUT2D eigenvalue weighted by molar-refractivity contribution is 0.457. The molecule has 0 radical (unpaired) electrons. The topological polar surface area (TPSA) is 17.8 Å². The van der Waals surface area contributed by atoms with E-state index in [0.29, 0.717) is 11.4 Å². The normalized spacial score (nSPS) is 20.6. The van der Waals surface area contributed by atoms with Gasteiger partial charge in [-0.3, -0.25) is 0 Å². The molecule has 0 bridgehead atoms. The van der Waals surface area contributed by atoms with E-state index in [-0.39, 0.29) is 21.9 Å². The lowest BCUT2D eigenvalue weighted by atomic mass is 10.0. The number of rotatable bonds is 2. The van der Waals surface area contributed by atoms with E-state index in [9.17, 15) is 4.39 Å². The van der Waals surface area contributed by atoms with Crippen LogP contribution >= 0.6 is 23.2 Å². The third-order valence-electron chi connectivity index (χ3n) is 5.13. The summed E-state index contributed by atoms with van der Waals surface area (Å²) in [6.45, 7) is 8.86. The molecule has 5 heteroatoms. The summed E-state index contributed by atoms with van der Waals surface area (Å²) in [5.41, 5.74) is 1.71. The van der Waals surface area contributed by atoms with Gasteiger partial charge in [-0.2, -0.15) is 0 Å².